The van der Waals surface area contributed by atoms with E-state index in [1.54, 1.807) is 42.5 Å². The molecule has 2 aliphatic heterocycles. The predicted octanol–water partition coefficient (Wildman–Crippen LogP) is 4.93. The maximum absolute atomic E-state index is 14.3. The molecule has 2 heterocycles. The minimum absolute atomic E-state index is 0.0915. The zero-order chi connectivity index (χ0) is 32.9. The average molecular weight is 679 g/mol. The average Bonchev–Trinajstić information content (AvgIpc) is 3.68. The highest BCUT2D eigenvalue weighted by Crippen LogP contribution is 2.42. The summed E-state index contributed by atoms with van der Waals surface area (Å²) >= 11 is 0. The van der Waals surface area contributed by atoms with Gasteiger partial charge in [-0.1, -0.05) is 31.7 Å². The fourth-order valence-corrected chi connectivity index (χ4v) is 10.7. The monoisotopic (exact) mass is 678 g/mol. The molecule has 0 aromatic heterocycles. The smallest absolute Gasteiger partial charge is 0.265 e. The number of phenolic OH excluding ortho intramolecular Hbond substituents is 1. The summed E-state index contributed by atoms with van der Waals surface area (Å²) in [4.78, 5) is 10.0. The molecule has 1 N–H and O–H groups in total. The quantitative estimate of drug-likeness (QED) is 0.357. The van der Waals surface area contributed by atoms with Crippen LogP contribution in [0, 0.1) is 0 Å². The highest BCUT2D eigenvalue weighted by Gasteiger charge is 2.48. The molecule has 0 amide bonds. The fourth-order valence-electron chi connectivity index (χ4n) is 7.36. The maximum atomic E-state index is 14.3. The van der Waals surface area contributed by atoms with Crippen LogP contribution < -0.4 is 9.47 Å². The fraction of sp³-hybridized carbons (Fsp3) is 0.412. The Morgan fingerprint density at radius 3 is 1.38 bits per heavy atom. The summed E-state index contributed by atoms with van der Waals surface area (Å²) in [5.74, 6) is 1.11. The van der Waals surface area contributed by atoms with Gasteiger partial charge in [0, 0.05) is 0 Å². The van der Waals surface area contributed by atoms with E-state index in [9.17, 15) is 21.9 Å². The lowest BCUT2D eigenvalue weighted by Crippen LogP contribution is -2.46. The van der Waals surface area contributed by atoms with Crippen LogP contribution in [0.25, 0.3) is 0 Å². The van der Waals surface area contributed by atoms with Crippen molar-refractivity contribution < 1.29 is 31.4 Å². The van der Waals surface area contributed by atoms with Gasteiger partial charge in [-0.25, -0.2) is 25.4 Å². The van der Waals surface area contributed by atoms with Gasteiger partial charge in [0.15, 0.2) is 0 Å². The maximum Gasteiger partial charge on any atom is 0.265 e. The van der Waals surface area contributed by atoms with Crippen LogP contribution in [0.15, 0.2) is 86.5 Å². The first-order valence-corrected chi connectivity index (χ1v) is 18.9. The van der Waals surface area contributed by atoms with Crippen LogP contribution in [0.2, 0.25) is 0 Å². The van der Waals surface area contributed by atoms with Gasteiger partial charge in [0.05, 0.1) is 59.3 Å². The van der Waals surface area contributed by atoms with Gasteiger partial charge in [-0.3, -0.25) is 9.98 Å². The Bertz CT molecular complexity index is 1810. The molecule has 2 saturated carbocycles. The van der Waals surface area contributed by atoms with Crippen molar-refractivity contribution in [2.75, 3.05) is 14.2 Å². The van der Waals surface area contributed by atoms with Gasteiger partial charge < -0.3 is 14.6 Å². The molecule has 0 spiro atoms. The van der Waals surface area contributed by atoms with Gasteiger partial charge in [-0.15, -0.1) is 0 Å². The van der Waals surface area contributed by atoms with E-state index in [0.717, 1.165) is 38.5 Å². The molecular weight excluding hydrogens is 641 g/mol. The molecule has 4 aliphatic rings. The summed E-state index contributed by atoms with van der Waals surface area (Å²) in [7, 11) is -5.13. The zero-order valence-corrected chi connectivity index (χ0v) is 28.0. The summed E-state index contributed by atoms with van der Waals surface area (Å²) in [5, 5.41) is 12.0. The molecular formula is C34H38N4O7S2. The van der Waals surface area contributed by atoms with Crippen molar-refractivity contribution in [3.8, 4) is 17.2 Å². The normalized spacial score (nSPS) is 24.3. The van der Waals surface area contributed by atoms with Crippen LogP contribution in [0.5, 0.6) is 17.2 Å². The first-order valence-electron chi connectivity index (χ1n) is 16.0. The molecule has 2 aliphatic carbocycles. The largest absolute Gasteiger partial charge is 0.506 e. The third kappa shape index (κ3) is 5.33. The van der Waals surface area contributed by atoms with Crippen LogP contribution in [0.3, 0.4) is 0 Å². The van der Waals surface area contributed by atoms with E-state index in [1.165, 1.54) is 47.1 Å². The second-order valence-electron chi connectivity index (χ2n) is 12.4. The van der Waals surface area contributed by atoms with Crippen LogP contribution >= 0.6 is 0 Å². The Hall–Kier alpha value is -4.10. The van der Waals surface area contributed by atoms with Crippen molar-refractivity contribution >= 4 is 31.7 Å². The van der Waals surface area contributed by atoms with E-state index >= 15 is 0 Å². The number of fused-ring (bicyclic) bond motifs is 2. The minimum atomic E-state index is -4.08. The highest BCUT2D eigenvalue weighted by atomic mass is 32.2. The molecule has 3 aromatic carbocycles. The number of benzene rings is 3. The second kappa shape index (κ2) is 12.2. The molecule has 13 heteroatoms. The first-order chi connectivity index (χ1) is 22.6. The van der Waals surface area contributed by atoms with E-state index in [1.807, 2.05) is 0 Å². The van der Waals surface area contributed by atoms with Crippen molar-refractivity contribution in [1.82, 2.24) is 8.61 Å². The number of hydrogen-bond acceptors (Lipinski definition) is 9. The van der Waals surface area contributed by atoms with Crippen LogP contribution in [0.4, 0.5) is 0 Å². The van der Waals surface area contributed by atoms with Crippen molar-refractivity contribution in [1.29, 1.82) is 0 Å². The first kappa shape index (κ1) is 31.5. The second-order valence-corrected chi connectivity index (χ2v) is 16.0. The van der Waals surface area contributed by atoms with Gasteiger partial charge in [0.25, 0.3) is 20.0 Å². The van der Waals surface area contributed by atoms with Crippen LogP contribution in [-0.2, 0) is 20.0 Å². The number of nitrogens with zero attached hydrogens (tertiary/aromatic N) is 4. The molecule has 11 nitrogen and oxygen atoms in total. The zero-order valence-electron chi connectivity index (χ0n) is 26.3. The number of sulfonamides is 2. The Morgan fingerprint density at radius 1 is 0.617 bits per heavy atom. The molecule has 0 unspecified atom stereocenters. The molecule has 7 rings (SSSR count). The molecule has 3 aromatic rings. The molecule has 2 fully saturated rings. The number of hydrogen-bond donors (Lipinski definition) is 1. The van der Waals surface area contributed by atoms with Crippen LogP contribution in [-0.4, -0.2) is 80.6 Å². The summed E-state index contributed by atoms with van der Waals surface area (Å²) in [6, 6.07) is 16.1. The number of aromatic hydroxyl groups is 1. The third-order valence-corrected chi connectivity index (χ3v) is 13.4. The Labute approximate surface area is 275 Å². The molecule has 248 valence electrons. The number of ether oxygens (including phenoxy) is 2. The molecule has 4 atom stereocenters. The number of rotatable bonds is 8. The van der Waals surface area contributed by atoms with Crippen molar-refractivity contribution in [2.24, 2.45) is 9.98 Å². The molecule has 0 bridgehead atoms. The van der Waals surface area contributed by atoms with Gasteiger partial charge in [0.1, 0.15) is 28.9 Å². The lowest BCUT2D eigenvalue weighted by Gasteiger charge is -2.33. The Morgan fingerprint density at radius 2 is 1.00 bits per heavy atom. The van der Waals surface area contributed by atoms with Gasteiger partial charge in [-0.2, -0.15) is 0 Å². The number of aliphatic imine (C=N–C) groups is 2. The van der Waals surface area contributed by atoms with Gasteiger partial charge in [0.2, 0.25) is 0 Å². The summed E-state index contributed by atoms with van der Waals surface area (Å²) in [5.41, 5.74) is 0.432. The van der Waals surface area contributed by atoms with Crippen molar-refractivity contribution in [3.63, 3.8) is 0 Å². The third-order valence-electron chi connectivity index (χ3n) is 9.73. The number of para-hydroxylation sites is 1. The summed E-state index contributed by atoms with van der Waals surface area (Å²) < 4.78 is 70.3. The van der Waals surface area contributed by atoms with Crippen molar-refractivity contribution in [3.05, 3.63) is 77.9 Å². The van der Waals surface area contributed by atoms with E-state index in [4.69, 9.17) is 19.5 Å². The van der Waals surface area contributed by atoms with Crippen LogP contribution in [0.1, 0.15) is 62.5 Å². The molecule has 0 saturated heterocycles. The van der Waals surface area contributed by atoms with Gasteiger partial charge >= 0.3 is 0 Å². The number of phenols is 1. The highest BCUT2D eigenvalue weighted by molar-refractivity contribution is 7.90. The molecule has 47 heavy (non-hydrogen) atoms. The lowest BCUT2D eigenvalue weighted by atomic mass is 9.92. The SMILES string of the molecule is COc1ccc(S(=O)(=O)N2C(c3cccc(C4=N[C@H]5CCCC[C@@H]5N4S(=O)(=O)c4ccc(OC)cc4)c3O)=N[C@H]3CCCC[C@@H]32)cc1. The van der Waals surface area contributed by atoms with E-state index in [-0.39, 0.29) is 50.4 Å². The summed E-state index contributed by atoms with van der Waals surface area (Å²) in [6.07, 6.45) is 6.32. The lowest BCUT2D eigenvalue weighted by molar-refractivity contribution is 0.315. The number of amidine groups is 2. The van der Waals surface area contributed by atoms with E-state index in [2.05, 4.69) is 0 Å². The standard InChI is InChI=1S/C34H38N4O7S2/c1-44-22-14-18-24(19-15-22)46(40,41)37-30-12-5-3-10-28(30)35-33(37)26-8-7-9-27(32(26)39)34-36-29-11-4-6-13-31(29)38(34)47(42,43)25-20-16-23(45-2)17-21-25/h7-9,14-21,28-31,39H,3-6,10-13H2,1-2H3/t28-,29-,30-,31-/m0/s1. The minimum Gasteiger partial charge on any atom is -0.506 e. The predicted molar refractivity (Wildman–Crippen MR) is 177 cm³/mol. The Kier molecular flexibility index (Phi) is 8.15. The van der Waals surface area contributed by atoms with Gasteiger partial charge in [-0.05, 0) is 86.3 Å². The summed E-state index contributed by atoms with van der Waals surface area (Å²) in [6.45, 7) is 0. The van der Waals surface area contributed by atoms with E-state index in [0.29, 0.717) is 24.3 Å². The topological polar surface area (TPSA) is 138 Å². The molecule has 0 radical (unpaired) electrons. The number of methoxy groups -OCH3 is 2. The Balaban J connectivity index is 1.33. The van der Waals surface area contributed by atoms with E-state index < -0.39 is 32.1 Å². The van der Waals surface area contributed by atoms with Crippen molar-refractivity contribution in [2.45, 2.75) is 85.3 Å².